The molecule has 2 N–H and O–H groups in total. The zero-order chi connectivity index (χ0) is 13.6. The lowest BCUT2D eigenvalue weighted by molar-refractivity contribution is 0.361. The Morgan fingerprint density at radius 3 is 2.79 bits per heavy atom. The molecule has 0 amide bonds. The van der Waals surface area contributed by atoms with Crippen LogP contribution in [-0.4, -0.2) is 35.3 Å². The van der Waals surface area contributed by atoms with Gasteiger partial charge in [0.1, 0.15) is 0 Å². The second-order valence-corrected chi connectivity index (χ2v) is 7.12. The molecule has 0 aromatic carbocycles. The summed E-state index contributed by atoms with van der Waals surface area (Å²) < 4.78 is 3.16. The van der Waals surface area contributed by atoms with Crippen molar-refractivity contribution in [1.29, 1.82) is 0 Å². The Balaban J connectivity index is 1.74. The van der Waals surface area contributed by atoms with E-state index in [4.69, 9.17) is 5.73 Å². The van der Waals surface area contributed by atoms with Crippen molar-refractivity contribution >= 4 is 15.9 Å². The lowest BCUT2D eigenvalue weighted by Gasteiger charge is -2.18. The van der Waals surface area contributed by atoms with Crippen molar-refractivity contribution in [2.24, 2.45) is 23.5 Å². The molecule has 2 saturated carbocycles. The molecule has 0 spiro atoms. The average molecular weight is 327 g/mol. The summed E-state index contributed by atoms with van der Waals surface area (Å²) >= 11 is 3.62. The van der Waals surface area contributed by atoms with Gasteiger partial charge in [-0.15, -0.1) is 0 Å². The maximum absolute atomic E-state index is 6.54. The highest BCUT2D eigenvalue weighted by Gasteiger charge is 2.56. The Morgan fingerprint density at radius 2 is 2.16 bits per heavy atom. The number of fused-ring (bicyclic) bond motifs is 1. The van der Waals surface area contributed by atoms with Crippen LogP contribution in [0.25, 0.3) is 0 Å². The summed E-state index contributed by atoms with van der Waals surface area (Å²) in [4.78, 5) is 2.18. The van der Waals surface area contributed by atoms with Crippen LogP contribution in [0.2, 0.25) is 0 Å². The summed E-state index contributed by atoms with van der Waals surface area (Å²) in [6, 6.07) is 0.148. The number of nitrogens with zero attached hydrogens (tertiary/aromatic N) is 3. The van der Waals surface area contributed by atoms with E-state index < -0.39 is 0 Å². The van der Waals surface area contributed by atoms with E-state index in [1.54, 1.807) is 0 Å². The minimum absolute atomic E-state index is 0.148. The van der Waals surface area contributed by atoms with Crippen molar-refractivity contribution in [2.45, 2.75) is 31.8 Å². The summed E-state index contributed by atoms with van der Waals surface area (Å²) in [7, 11) is 4.17. The van der Waals surface area contributed by atoms with Crippen LogP contribution in [0.1, 0.15) is 31.0 Å². The molecule has 1 aromatic heterocycles. The molecule has 2 aliphatic carbocycles. The van der Waals surface area contributed by atoms with E-state index in [1.165, 1.54) is 25.0 Å². The summed E-state index contributed by atoms with van der Waals surface area (Å²) in [6.45, 7) is 1.90. The summed E-state index contributed by atoms with van der Waals surface area (Å²) in [5, 5.41) is 4.48. The van der Waals surface area contributed by atoms with Crippen LogP contribution in [0.5, 0.6) is 0 Å². The molecule has 2 aliphatic rings. The standard InChI is InChI=1S/C14H23BrN4/c1-18(2)6-7-19-14(11(15)8-17-19)13(16)12-9-4-3-5-10(9)12/h8-10,12-13H,3-7,16H2,1-2H3. The molecule has 0 saturated heterocycles. The Bertz CT molecular complexity index is 446. The maximum Gasteiger partial charge on any atom is 0.0697 e. The normalized spacial score (nSPS) is 30.7. The first-order valence-electron chi connectivity index (χ1n) is 7.21. The van der Waals surface area contributed by atoms with E-state index in [0.717, 1.165) is 29.4 Å². The van der Waals surface area contributed by atoms with Crippen LogP contribution < -0.4 is 5.73 Å². The van der Waals surface area contributed by atoms with Crippen LogP contribution in [0.4, 0.5) is 0 Å². The SMILES string of the molecule is CN(C)CCn1ncc(Br)c1C(N)C1C2CCCC21. The number of aromatic nitrogens is 2. The Kier molecular flexibility index (Phi) is 3.71. The molecule has 3 atom stereocenters. The van der Waals surface area contributed by atoms with Gasteiger partial charge in [-0.1, -0.05) is 6.42 Å². The predicted octanol–water partition coefficient (Wildman–Crippen LogP) is 2.25. The van der Waals surface area contributed by atoms with E-state index in [1.807, 2.05) is 6.20 Å². The molecule has 106 valence electrons. The van der Waals surface area contributed by atoms with Gasteiger partial charge >= 0.3 is 0 Å². The first kappa shape index (κ1) is 13.6. The van der Waals surface area contributed by atoms with Gasteiger partial charge in [0.05, 0.1) is 29.0 Å². The van der Waals surface area contributed by atoms with Crippen molar-refractivity contribution in [2.75, 3.05) is 20.6 Å². The molecule has 5 heteroatoms. The molecule has 0 aliphatic heterocycles. The number of nitrogens with two attached hydrogens (primary N) is 1. The highest BCUT2D eigenvalue weighted by atomic mass is 79.9. The lowest BCUT2D eigenvalue weighted by Crippen LogP contribution is -2.24. The highest BCUT2D eigenvalue weighted by Crippen LogP contribution is 2.61. The summed E-state index contributed by atoms with van der Waals surface area (Å²) in [6.07, 6.45) is 6.06. The number of hydrogen-bond acceptors (Lipinski definition) is 3. The number of hydrogen-bond donors (Lipinski definition) is 1. The van der Waals surface area contributed by atoms with Crippen molar-refractivity contribution in [1.82, 2.24) is 14.7 Å². The van der Waals surface area contributed by atoms with Crippen LogP contribution >= 0.6 is 15.9 Å². The van der Waals surface area contributed by atoms with Gasteiger partial charge in [-0.25, -0.2) is 0 Å². The molecular weight excluding hydrogens is 304 g/mol. The minimum Gasteiger partial charge on any atom is -0.322 e. The third kappa shape index (κ3) is 2.48. The monoisotopic (exact) mass is 326 g/mol. The van der Waals surface area contributed by atoms with E-state index >= 15 is 0 Å². The molecule has 0 bridgehead atoms. The maximum atomic E-state index is 6.54. The van der Waals surface area contributed by atoms with Gasteiger partial charge < -0.3 is 10.6 Å². The first-order chi connectivity index (χ1) is 9.09. The van der Waals surface area contributed by atoms with Crippen LogP contribution in [0.15, 0.2) is 10.7 Å². The summed E-state index contributed by atoms with van der Waals surface area (Å²) in [5.74, 6) is 2.47. The second kappa shape index (κ2) is 5.19. The average Bonchev–Trinajstić information content (AvgIpc) is 2.73. The van der Waals surface area contributed by atoms with Crippen LogP contribution in [-0.2, 0) is 6.54 Å². The Morgan fingerprint density at radius 1 is 1.47 bits per heavy atom. The fourth-order valence-electron chi connectivity index (χ4n) is 3.77. The molecule has 19 heavy (non-hydrogen) atoms. The van der Waals surface area contributed by atoms with E-state index in [-0.39, 0.29) is 6.04 Å². The van der Waals surface area contributed by atoms with Gasteiger partial charge in [0, 0.05) is 6.54 Å². The van der Waals surface area contributed by atoms with Crippen molar-refractivity contribution in [3.63, 3.8) is 0 Å². The van der Waals surface area contributed by atoms with Gasteiger partial charge in [-0.3, -0.25) is 4.68 Å². The van der Waals surface area contributed by atoms with Gasteiger partial charge in [-0.05, 0) is 60.6 Å². The largest absolute Gasteiger partial charge is 0.322 e. The third-order valence-corrected chi connectivity index (χ3v) is 5.41. The molecule has 1 aromatic rings. The predicted molar refractivity (Wildman–Crippen MR) is 79.7 cm³/mol. The molecule has 0 radical (unpaired) electrons. The Labute approximate surface area is 123 Å². The quantitative estimate of drug-likeness (QED) is 0.902. The zero-order valence-electron chi connectivity index (χ0n) is 11.7. The van der Waals surface area contributed by atoms with E-state index in [2.05, 4.69) is 44.7 Å². The second-order valence-electron chi connectivity index (χ2n) is 6.27. The topological polar surface area (TPSA) is 47.1 Å². The van der Waals surface area contributed by atoms with Crippen molar-refractivity contribution in [3.05, 3.63) is 16.4 Å². The zero-order valence-corrected chi connectivity index (χ0v) is 13.3. The smallest absolute Gasteiger partial charge is 0.0697 e. The minimum atomic E-state index is 0.148. The van der Waals surface area contributed by atoms with Gasteiger partial charge in [0.2, 0.25) is 0 Å². The van der Waals surface area contributed by atoms with Gasteiger partial charge in [0.25, 0.3) is 0 Å². The lowest BCUT2D eigenvalue weighted by atomic mass is 10.0. The molecular formula is C14H23BrN4. The molecule has 3 unspecified atom stereocenters. The van der Waals surface area contributed by atoms with Crippen LogP contribution in [0, 0.1) is 17.8 Å². The molecule has 4 nitrogen and oxygen atoms in total. The number of likely N-dealkylation sites (N-methyl/N-ethyl adjacent to an activating group) is 1. The van der Waals surface area contributed by atoms with Crippen molar-refractivity contribution < 1.29 is 0 Å². The first-order valence-corrected chi connectivity index (χ1v) is 8.00. The van der Waals surface area contributed by atoms with Gasteiger partial charge in [0.15, 0.2) is 0 Å². The number of halogens is 1. The van der Waals surface area contributed by atoms with E-state index in [9.17, 15) is 0 Å². The molecule has 1 heterocycles. The summed E-state index contributed by atoms with van der Waals surface area (Å²) in [5.41, 5.74) is 7.73. The fourth-order valence-corrected chi connectivity index (χ4v) is 4.33. The van der Waals surface area contributed by atoms with E-state index in [0.29, 0.717) is 5.92 Å². The van der Waals surface area contributed by atoms with Crippen molar-refractivity contribution in [3.8, 4) is 0 Å². The highest BCUT2D eigenvalue weighted by molar-refractivity contribution is 9.10. The third-order valence-electron chi connectivity index (χ3n) is 4.80. The Hall–Kier alpha value is -0.390. The molecule has 3 rings (SSSR count). The van der Waals surface area contributed by atoms with Gasteiger partial charge in [-0.2, -0.15) is 5.10 Å². The fraction of sp³-hybridized carbons (Fsp3) is 0.786. The van der Waals surface area contributed by atoms with Crippen LogP contribution in [0.3, 0.4) is 0 Å². The number of rotatable bonds is 5. The molecule has 2 fully saturated rings.